The molecule has 2 atom stereocenters. The summed E-state index contributed by atoms with van der Waals surface area (Å²) < 4.78 is 25.3. The molecule has 0 bridgehead atoms. The van der Waals surface area contributed by atoms with E-state index in [1.54, 1.807) is 4.90 Å². The molecule has 0 aromatic heterocycles. The molecule has 2 aliphatic heterocycles. The van der Waals surface area contributed by atoms with Crippen molar-refractivity contribution >= 4 is 5.91 Å². The van der Waals surface area contributed by atoms with Gasteiger partial charge in [-0.3, -0.25) is 4.79 Å². The Morgan fingerprint density at radius 3 is 2.76 bits per heavy atom. The van der Waals surface area contributed by atoms with Crippen LogP contribution in [0.4, 0.5) is 8.78 Å². The van der Waals surface area contributed by atoms with Crippen molar-refractivity contribution < 1.29 is 13.6 Å². The van der Waals surface area contributed by atoms with E-state index in [1.165, 1.54) is 0 Å². The van der Waals surface area contributed by atoms with E-state index in [0.29, 0.717) is 25.9 Å². The Morgan fingerprint density at radius 1 is 1.29 bits per heavy atom. The minimum absolute atomic E-state index is 0.000160. The lowest BCUT2D eigenvalue weighted by Gasteiger charge is -2.35. The average molecular weight is 246 g/mol. The Morgan fingerprint density at radius 2 is 2.12 bits per heavy atom. The number of hydrogen-bond donors (Lipinski definition) is 1. The maximum absolute atomic E-state index is 12.6. The lowest BCUT2D eigenvalue weighted by atomic mass is 9.94. The third kappa shape index (κ3) is 3.15. The zero-order valence-corrected chi connectivity index (χ0v) is 10.0. The van der Waals surface area contributed by atoms with Gasteiger partial charge in [-0.1, -0.05) is 0 Å². The van der Waals surface area contributed by atoms with Crippen molar-refractivity contribution in [1.29, 1.82) is 0 Å². The SMILES string of the molecule is O=C([C@H]1CCCNC1)N1CCC[C@@H](C(F)F)C1. The number of nitrogens with one attached hydrogen (secondary N) is 1. The number of halogens is 2. The van der Waals surface area contributed by atoms with Gasteiger partial charge in [0.1, 0.15) is 0 Å². The molecule has 17 heavy (non-hydrogen) atoms. The topological polar surface area (TPSA) is 32.3 Å². The van der Waals surface area contributed by atoms with Crippen LogP contribution in [0.1, 0.15) is 25.7 Å². The van der Waals surface area contributed by atoms with Crippen molar-refractivity contribution in [3.63, 3.8) is 0 Å². The van der Waals surface area contributed by atoms with Gasteiger partial charge in [-0.25, -0.2) is 8.78 Å². The first kappa shape index (κ1) is 12.7. The summed E-state index contributed by atoms with van der Waals surface area (Å²) in [4.78, 5) is 13.8. The van der Waals surface area contributed by atoms with E-state index in [1.807, 2.05) is 0 Å². The van der Waals surface area contributed by atoms with Crippen LogP contribution in [0.15, 0.2) is 0 Å². The van der Waals surface area contributed by atoms with Crippen molar-refractivity contribution in [3.8, 4) is 0 Å². The first-order valence-electron chi connectivity index (χ1n) is 6.46. The van der Waals surface area contributed by atoms with E-state index in [2.05, 4.69) is 5.32 Å². The van der Waals surface area contributed by atoms with Gasteiger partial charge >= 0.3 is 0 Å². The lowest BCUT2D eigenvalue weighted by Crippen LogP contribution is -2.47. The number of carbonyl (C=O) groups excluding carboxylic acids is 1. The lowest BCUT2D eigenvalue weighted by molar-refractivity contribution is -0.139. The fraction of sp³-hybridized carbons (Fsp3) is 0.917. The Hall–Kier alpha value is -0.710. The second-order valence-electron chi connectivity index (χ2n) is 5.06. The van der Waals surface area contributed by atoms with Crippen LogP contribution in [0, 0.1) is 11.8 Å². The van der Waals surface area contributed by atoms with Crippen molar-refractivity contribution in [2.75, 3.05) is 26.2 Å². The van der Waals surface area contributed by atoms with Gasteiger partial charge in [0, 0.05) is 25.6 Å². The van der Waals surface area contributed by atoms with Crippen molar-refractivity contribution in [2.24, 2.45) is 11.8 Å². The molecule has 0 aromatic rings. The molecule has 1 N–H and O–H groups in total. The molecule has 3 nitrogen and oxygen atoms in total. The molecule has 0 aliphatic carbocycles. The average Bonchev–Trinajstić information content (AvgIpc) is 2.39. The summed E-state index contributed by atoms with van der Waals surface area (Å²) in [6.45, 7) is 2.56. The smallest absolute Gasteiger partial charge is 0.243 e. The molecular weight excluding hydrogens is 226 g/mol. The van der Waals surface area contributed by atoms with E-state index in [0.717, 1.165) is 19.4 Å². The minimum Gasteiger partial charge on any atom is -0.342 e. The number of nitrogens with zero attached hydrogens (tertiary/aromatic N) is 1. The molecule has 0 unspecified atom stereocenters. The highest BCUT2D eigenvalue weighted by Crippen LogP contribution is 2.24. The van der Waals surface area contributed by atoms with Crippen LogP contribution < -0.4 is 5.32 Å². The van der Waals surface area contributed by atoms with Crippen molar-refractivity contribution in [2.45, 2.75) is 32.1 Å². The van der Waals surface area contributed by atoms with Gasteiger partial charge in [0.15, 0.2) is 0 Å². The molecular formula is C12H20F2N2O. The van der Waals surface area contributed by atoms with Gasteiger partial charge in [0.2, 0.25) is 12.3 Å². The quantitative estimate of drug-likeness (QED) is 0.800. The van der Waals surface area contributed by atoms with Crippen LogP contribution in [0.3, 0.4) is 0 Å². The minimum atomic E-state index is -2.30. The van der Waals surface area contributed by atoms with E-state index in [-0.39, 0.29) is 18.4 Å². The number of likely N-dealkylation sites (tertiary alicyclic amines) is 1. The first-order chi connectivity index (χ1) is 8.18. The zero-order valence-electron chi connectivity index (χ0n) is 10.0. The van der Waals surface area contributed by atoms with Gasteiger partial charge in [-0.05, 0) is 32.2 Å². The molecule has 5 heteroatoms. The van der Waals surface area contributed by atoms with Crippen LogP contribution in [0.25, 0.3) is 0 Å². The number of piperidine rings is 2. The molecule has 2 fully saturated rings. The van der Waals surface area contributed by atoms with E-state index in [4.69, 9.17) is 0 Å². The number of alkyl halides is 2. The second kappa shape index (κ2) is 5.76. The monoisotopic (exact) mass is 246 g/mol. The van der Waals surface area contributed by atoms with Gasteiger partial charge in [-0.2, -0.15) is 0 Å². The largest absolute Gasteiger partial charge is 0.342 e. The van der Waals surface area contributed by atoms with Crippen LogP contribution in [0.5, 0.6) is 0 Å². The number of amides is 1. The number of rotatable bonds is 2. The van der Waals surface area contributed by atoms with Gasteiger partial charge in [0.25, 0.3) is 0 Å². The van der Waals surface area contributed by atoms with E-state index >= 15 is 0 Å². The molecule has 2 saturated heterocycles. The van der Waals surface area contributed by atoms with Gasteiger partial charge in [-0.15, -0.1) is 0 Å². The predicted octanol–water partition coefficient (Wildman–Crippen LogP) is 1.49. The van der Waals surface area contributed by atoms with Crippen LogP contribution >= 0.6 is 0 Å². The summed E-state index contributed by atoms with van der Waals surface area (Å²) in [5.41, 5.74) is 0. The molecule has 1 amide bonds. The summed E-state index contributed by atoms with van der Waals surface area (Å²) in [5, 5.41) is 3.19. The third-order valence-electron chi connectivity index (χ3n) is 3.77. The summed E-state index contributed by atoms with van der Waals surface area (Å²) in [7, 11) is 0. The maximum Gasteiger partial charge on any atom is 0.243 e. The van der Waals surface area contributed by atoms with Gasteiger partial charge < -0.3 is 10.2 Å². The zero-order chi connectivity index (χ0) is 12.3. The number of carbonyl (C=O) groups is 1. The predicted molar refractivity (Wildman–Crippen MR) is 60.9 cm³/mol. The highest BCUT2D eigenvalue weighted by Gasteiger charge is 2.32. The van der Waals surface area contributed by atoms with Gasteiger partial charge in [0.05, 0.1) is 5.92 Å². The summed E-state index contributed by atoms with van der Waals surface area (Å²) in [5.74, 6) is -0.549. The molecule has 0 spiro atoms. The van der Waals surface area contributed by atoms with Crippen LogP contribution in [-0.2, 0) is 4.79 Å². The molecule has 2 heterocycles. The summed E-state index contributed by atoms with van der Waals surface area (Å²) in [6, 6.07) is 0. The molecule has 0 radical (unpaired) electrons. The Kier molecular flexibility index (Phi) is 4.31. The summed E-state index contributed by atoms with van der Waals surface area (Å²) in [6.07, 6.45) is 0.852. The van der Waals surface area contributed by atoms with E-state index < -0.39 is 12.3 Å². The normalized spacial score (nSPS) is 30.6. The standard InChI is InChI=1S/C12H20F2N2O/c13-11(14)10-4-2-6-16(8-10)12(17)9-3-1-5-15-7-9/h9-11,15H,1-8H2/t9-,10+/m0/s1. The maximum atomic E-state index is 12.6. The highest BCUT2D eigenvalue weighted by molar-refractivity contribution is 5.79. The van der Waals surface area contributed by atoms with E-state index in [9.17, 15) is 13.6 Å². The van der Waals surface area contributed by atoms with Crippen LogP contribution in [0.2, 0.25) is 0 Å². The second-order valence-corrected chi connectivity index (χ2v) is 5.06. The van der Waals surface area contributed by atoms with Crippen LogP contribution in [-0.4, -0.2) is 43.4 Å². The molecule has 0 aromatic carbocycles. The van der Waals surface area contributed by atoms with Crippen molar-refractivity contribution in [1.82, 2.24) is 10.2 Å². The molecule has 0 saturated carbocycles. The third-order valence-corrected chi connectivity index (χ3v) is 3.77. The molecule has 98 valence electrons. The highest BCUT2D eigenvalue weighted by atomic mass is 19.3. The number of hydrogen-bond acceptors (Lipinski definition) is 2. The Labute approximate surface area is 101 Å². The fourth-order valence-corrected chi connectivity index (χ4v) is 2.74. The van der Waals surface area contributed by atoms with Crippen molar-refractivity contribution in [3.05, 3.63) is 0 Å². The Bertz CT molecular complexity index is 267. The first-order valence-corrected chi connectivity index (χ1v) is 6.46. The fourth-order valence-electron chi connectivity index (χ4n) is 2.74. The Balaban J connectivity index is 1.89. The summed E-state index contributed by atoms with van der Waals surface area (Å²) >= 11 is 0. The molecule has 2 aliphatic rings. The molecule has 2 rings (SSSR count).